The van der Waals surface area contributed by atoms with Crippen LogP contribution in [0.2, 0.25) is 0 Å². The Morgan fingerprint density at radius 2 is 2.15 bits per heavy atom. The van der Waals surface area contributed by atoms with Gasteiger partial charge in [0.05, 0.1) is 0 Å². The van der Waals surface area contributed by atoms with Crippen molar-refractivity contribution in [2.75, 3.05) is 0 Å². The largest absolute Gasteiger partial charge is 0.210 e. The maximum Gasteiger partial charge on any atom is 0.210 e. The van der Waals surface area contributed by atoms with E-state index in [4.69, 9.17) is 11.1 Å². The van der Waals surface area contributed by atoms with Gasteiger partial charge in [0.25, 0.3) is 0 Å². The predicted molar refractivity (Wildman–Crippen MR) is 61.1 cm³/mol. The number of halogens is 1. The van der Waals surface area contributed by atoms with Crippen molar-refractivity contribution in [3.05, 3.63) is 42.0 Å². The number of rotatable bonds is 4. The zero-order chi connectivity index (χ0) is 9.68. The highest BCUT2D eigenvalue weighted by Crippen LogP contribution is 2.18. The third kappa shape index (κ3) is 2.71. The second kappa shape index (κ2) is 5.25. The molecule has 0 fully saturated rings. The predicted octanol–water partition coefficient (Wildman–Crippen LogP) is 3.47. The van der Waals surface area contributed by atoms with Gasteiger partial charge in [-0.1, -0.05) is 44.2 Å². The van der Waals surface area contributed by atoms with Gasteiger partial charge in [0.15, 0.2) is 0 Å². The first-order valence-corrected chi connectivity index (χ1v) is 6.44. The fourth-order valence-electron chi connectivity index (χ4n) is 1.35. The van der Waals surface area contributed by atoms with Gasteiger partial charge in [-0.15, -0.1) is 0 Å². The second-order valence-corrected chi connectivity index (χ2v) is 4.34. The molecule has 1 rings (SSSR count). The minimum atomic E-state index is 0.288. The van der Waals surface area contributed by atoms with E-state index in [2.05, 4.69) is 31.7 Å². The molecule has 0 heterocycles. The number of hydrogen-bond donors (Lipinski definition) is 0. The van der Waals surface area contributed by atoms with Gasteiger partial charge in [-0.05, 0) is 22.7 Å². The summed E-state index contributed by atoms with van der Waals surface area (Å²) in [7, 11) is 0.288. The number of hydrogen-bond acceptors (Lipinski definition) is 0. The first kappa shape index (κ1) is 10.5. The molecular weight excluding hydrogens is 196 g/mol. The quantitative estimate of drug-likeness (QED) is 0.525. The second-order valence-electron chi connectivity index (χ2n) is 2.98. The summed E-state index contributed by atoms with van der Waals surface area (Å²) in [5.74, 6) is 0. The monoisotopic (exact) mass is 208 g/mol. The molecule has 1 aromatic rings. The maximum atomic E-state index is 5.79. The summed E-state index contributed by atoms with van der Waals surface area (Å²) < 4.78 is 0. The fourth-order valence-corrected chi connectivity index (χ4v) is 2.00. The van der Waals surface area contributed by atoms with Crippen molar-refractivity contribution in [2.24, 2.45) is 0 Å². The molecule has 1 aromatic carbocycles. The van der Waals surface area contributed by atoms with E-state index in [0.717, 1.165) is 18.0 Å². The molecule has 68 valence electrons. The van der Waals surface area contributed by atoms with Crippen LogP contribution >= 0.6 is 11.1 Å². The molecule has 0 bridgehead atoms. The van der Waals surface area contributed by atoms with Crippen LogP contribution in [-0.4, -0.2) is 8.83 Å². The molecule has 0 saturated heterocycles. The van der Waals surface area contributed by atoms with Crippen LogP contribution in [0, 0.1) is 0 Å². The van der Waals surface area contributed by atoms with Gasteiger partial charge < -0.3 is 0 Å². The molecule has 0 saturated carbocycles. The van der Waals surface area contributed by atoms with Crippen LogP contribution in [0.15, 0.2) is 30.8 Å². The Bertz CT molecular complexity index is 294. The third-order valence-electron chi connectivity index (χ3n) is 1.98. The van der Waals surface area contributed by atoms with Gasteiger partial charge >= 0.3 is 0 Å². The van der Waals surface area contributed by atoms with Gasteiger partial charge in [0, 0.05) is 0 Å². The minimum absolute atomic E-state index is 0.288. The molecule has 0 atom stereocenters. The smallest absolute Gasteiger partial charge is 0.165 e. The van der Waals surface area contributed by atoms with Crippen molar-refractivity contribution >= 4 is 25.1 Å². The van der Waals surface area contributed by atoms with Crippen LogP contribution in [0.1, 0.15) is 24.5 Å². The summed E-state index contributed by atoms with van der Waals surface area (Å²) in [5.41, 5.74) is 2.60. The Morgan fingerprint density at radius 3 is 2.77 bits per heavy atom. The normalized spacial score (nSPS) is 10.0. The van der Waals surface area contributed by atoms with Crippen molar-refractivity contribution in [1.29, 1.82) is 0 Å². The van der Waals surface area contributed by atoms with E-state index in [0.29, 0.717) is 0 Å². The Morgan fingerprint density at radius 1 is 1.46 bits per heavy atom. The van der Waals surface area contributed by atoms with Gasteiger partial charge in [0.1, 0.15) is 0 Å². The topological polar surface area (TPSA) is 0 Å². The number of benzene rings is 1. The highest BCUT2D eigenvalue weighted by atomic mass is 35.6. The van der Waals surface area contributed by atoms with E-state index >= 15 is 0 Å². The molecular formula is C11H13ClSi. The van der Waals surface area contributed by atoms with E-state index in [1.807, 2.05) is 6.07 Å². The number of aryl methyl sites for hydroxylation is 1. The maximum absolute atomic E-state index is 5.79. The summed E-state index contributed by atoms with van der Waals surface area (Å²) in [6, 6.07) is 8.36. The van der Waals surface area contributed by atoms with E-state index in [1.165, 1.54) is 11.1 Å². The zero-order valence-corrected chi connectivity index (χ0v) is 9.56. The summed E-state index contributed by atoms with van der Waals surface area (Å²) in [6.07, 6.45) is 2.27. The van der Waals surface area contributed by atoms with Gasteiger partial charge in [-0.3, -0.25) is 0 Å². The van der Waals surface area contributed by atoms with E-state index in [1.54, 1.807) is 0 Å². The summed E-state index contributed by atoms with van der Waals surface area (Å²) in [4.78, 5) is 0. The van der Waals surface area contributed by atoms with E-state index in [-0.39, 0.29) is 8.83 Å². The molecule has 0 amide bonds. The first-order valence-electron chi connectivity index (χ1n) is 4.43. The average molecular weight is 209 g/mol. The van der Waals surface area contributed by atoms with Crippen molar-refractivity contribution in [2.45, 2.75) is 19.8 Å². The van der Waals surface area contributed by atoms with Crippen molar-refractivity contribution in [1.82, 2.24) is 0 Å². The lowest BCUT2D eigenvalue weighted by atomic mass is 10.0. The van der Waals surface area contributed by atoms with Crippen LogP contribution in [0.5, 0.6) is 0 Å². The SMILES string of the molecule is C=C([Si]Cl)c1ccccc1CCC. The van der Waals surface area contributed by atoms with Crippen molar-refractivity contribution < 1.29 is 0 Å². The highest BCUT2D eigenvalue weighted by molar-refractivity contribution is 7.04. The van der Waals surface area contributed by atoms with E-state index in [9.17, 15) is 0 Å². The van der Waals surface area contributed by atoms with Crippen LogP contribution < -0.4 is 0 Å². The van der Waals surface area contributed by atoms with Crippen LogP contribution in [0.4, 0.5) is 0 Å². The highest BCUT2D eigenvalue weighted by Gasteiger charge is 2.03. The standard InChI is InChI=1S/C11H13ClSi/c1-3-6-10-7-4-5-8-11(10)9(2)13-12/h4-5,7-8H,2-3,6H2,1H3. The molecule has 0 aliphatic carbocycles. The summed E-state index contributed by atoms with van der Waals surface area (Å²) in [6.45, 7) is 6.15. The minimum Gasteiger partial charge on any atom is -0.165 e. The lowest BCUT2D eigenvalue weighted by molar-refractivity contribution is 0.919. The van der Waals surface area contributed by atoms with Crippen molar-refractivity contribution in [3.8, 4) is 0 Å². The Hall–Kier alpha value is -0.533. The Labute approximate surface area is 87.1 Å². The molecule has 13 heavy (non-hydrogen) atoms. The van der Waals surface area contributed by atoms with Crippen LogP contribution in [0.3, 0.4) is 0 Å². The van der Waals surface area contributed by atoms with Crippen molar-refractivity contribution in [3.63, 3.8) is 0 Å². The van der Waals surface area contributed by atoms with Gasteiger partial charge in [0.2, 0.25) is 8.83 Å². The molecule has 2 radical (unpaired) electrons. The molecule has 0 aliphatic rings. The molecule has 0 aliphatic heterocycles. The average Bonchev–Trinajstić information content (AvgIpc) is 2.18. The molecule has 0 N–H and O–H groups in total. The fraction of sp³-hybridized carbons (Fsp3) is 0.273. The van der Waals surface area contributed by atoms with Crippen LogP contribution in [-0.2, 0) is 6.42 Å². The Balaban J connectivity index is 2.97. The van der Waals surface area contributed by atoms with Gasteiger partial charge in [-0.25, -0.2) is 0 Å². The summed E-state index contributed by atoms with van der Waals surface area (Å²) >= 11 is 5.79. The molecule has 0 aromatic heterocycles. The molecule has 2 heteroatoms. The lowest BCUT2D eigenvalue weighted by Crippen LogP contribution is -1.94. The lowest BCUT2D eigenvalue weighted by Gasteiger charge is -2.08. The van der Waals surface area contributed by atoms with Crippen LogP contribution in [0.25, 0.3) is 5.20 Å². The molecule has 0 unspecified atom stereocenters. The Kier molecular flexibility index (Phi) is 4.26. The van der Waals surface area contributed by atoms with Gasteiger partial charge in [-0.2, -0.15) is 11.1 Å². The zero-order valence-electron chi connectivity index (χ0n) is 7.81. The van der Waals surface area contributed by atoms with E-state index < -0.39 is 0 Å². The summed E-state index contributed by atoms with van der Waals surface area (Å²) in [5, 5.41) is 1.05. The first-order chi connectivity index (χ1) is 6.29. The molecule has 0 nitrogen and oxygen atoms in total. The third-order valence-corrected chi connectivity index (χ3v) is 3.16. The molecule has 0 spiro atoms.